The summed E-state index contributed by atoms with van der Waals surface area (Å²) in [4.78, 5) is 0. The highest BCUT2D eigenvalue weighted by atomic mass is 32.1. The molecule has 0 radical (unpaired) electrons. The zero-order chi connectivity index (χ0) is 14.5. The molecule has 6 heteroatoms. The van der Waals surface area contributed by atoms with Gasteiger partial charge in [-0.05, 0) is 42.0 Å². The molecule has 0 atom stereocenters. The number of nitrogens with one attached hydrogen (secondary N) is 2. The van der Waals surface area contributed by atoms with E-state index >= 15 is 0 Å². The highest BCUT2D eigenvalue weighted by Gasteiger charge is 2.09. The van der Waals surface area contributed by atoms with E-state index in [9.17, 15) is 13.2 Å². The summed E-state index contributed by atoms with van der Waals surface area (Å²) in [5.74, 6) is -1.78. The van der Waals surface area contributed by atoms with Crippen molar-refractivity contribution in [2.24, 2.45) is 0 Å². The Labute approximate surface area is 119 Å². The van der Waals surface area contributed by atoms with Gasteiger partial charge in [0, 0.05) is 6.54 Å². The second-order valence-electron chi connectivity index (χ2n) is 4.03. The number of rotatable bonds is 3. The number of hydrogen-bond acceptors (Lipinski definition) is 1. The van der Waals surface area contributed by atoms with Crippen molar-refractivity contribution in [3.8, 4) is 0 Å². The van der Waals surface area contributed by atoms with Crippen molar-refractivity contribution in [3.05, 3.63) is 65.5 Å². The summed E-state index contributed by atoms with van der Waals surface area (Å²) < 4.78 is 39.5. The average Bonchev–Trinajstić information content (AvgIpc) is 2.42. The van der Waals surface area contributed by atoms with E-state index in [2.05, 4.69) is 10.6 Å². The maximum absolute atomic E-state index is 13.4. The van der Waals surface area contributed by atoms with E-state index in [0.29, 0.717) is 6.54 Å². The van der Waals surface area contributed by atoms with Gasteiger partial charge in [-0.2, -0.15) is 0 Å². The maximum atomic E-state index is 13.4. The molecular weight excluding hydrogens is 285 g/mol. The number of benzene rings is 2. The van der Waals surface area contributed by atoms with Crippen molar-refractivity contribution in [2.75, 3.05) is 5.32 Å². The first kappa shape index (κ1) is 14.3. The lowest BCUT2D eigenvalue weighted by molar-refractivity contribution is 0.591. The molecule has 2 aromatic carbocycles. The van der Waals surface area contributed by atoms with Crippen LogP contribution in [0.25, 0.3) is 0 Å². The first-order valence-corrected chi connectivity index (χ1v) is 6.20. The van der Waals surface area contributed by atoms with Crippen LogP contribution in [0.5, 0.6) is 0 Å². The molecule has 2 N–H and O–H groups in total. The van der Waals surface area contributed by atoms with Crippen LogP contribution in [0.3, 0.4) is 0 Å². The summed E-state index contributed by atoms with van der Waals surface area (Å²) in [6, 6.07) is 9.37. The summed E-state index contributed by atoms with van der Waals surface area (Å²) in [7, 11) is 0. The van der Waals surface area contributed by atoms with Crippen molar-refractivity contribution in [1.82, 2.24) is 5.32 Å². The van der Waals surface area contributed by atoms with Crippen LogP contribution in [-0.4, -0.2) is 5.11 Å². The van der Waals surface area contributed by atoms with Gasteiger partial charge in [0.25, 0.3) is 0 Å². The first-order chi connectivity index (χ1) is 9.56. The maximum Gasteiger partial charge on any atom is 0.171 e. The highest BCUT2D eigenvalue weighted by molar-refractivity contribution is 7.80. The fourth-order valence-corrected chi connectivity index (χ4v) is 1.73. The Morgan fingerprint density at radius 3 is 2.15 bits per heavy atom. The lowest BCUT2D eigenvalue weighted by Crippen LogP contribution is -2.28. The van der Waals surface area contributed by atoms with Crippen molar-refractivity contribution in [3.63, 3.8) is 0 Å². The lowest BCUT2D eigenvalue weighted by atomic mass is 10.2. The van der Waals surface area contributed by atoms with Crippen LogP contribution in [0, 0.1) is 17.5 Å². The molecule has 104 valence electrons. The summed E-state index contributed by atoms with van der Waals surface area (Å²) in [6.07, 6.45) is 0. The van der Waals surface area contributed by atoms with Gasteiger partial charge in [0.05, 0.1) is 0 Å². The van der Waals surface area contributed by atoms with Crippen LogP contribution in [0.15, 0.2) is 42.5 Å². The third-order valence-electron chi connectivity index (χ3n) is 2.57. The van der Waals surface area contributed by atoms with E-state index in [-0.39, 0.29) is 16.6 Å². The van der Waals surface area contributed by atoms with E-state index in [0.717, 1.165) is 17.7 Å². The number of anilines is 1. The molecule has 2 rings (SSSR count). The molecule has 0 aliphatic rings. The molecule has 0 spiro atoms. The molecule has 0 saturated heterocycles. The Kier molecular flexibility index (Phi) is 4.57. The van der Waals surface area contributed by atoms with Gasteiger partial charge < -0.3 is 10.6 Å². The highest BCUT2D eigenvalue weighted by Crippen LogP contribution is 2.17. The fourth-order valence-electron chi connectivity index (χ4n) is 1.56. The summed E-state index contributed by atoms with van der Waals surface area (Å²) in [5, 5.41) is 5.32. The van der Waals surface area contributed by atoms with E-state index in [1.165, 1.54) is 18.2 Å². The van der Waals surface area contributed by atoms with Crippen molar-refractivity contribution in [2.45, 2.75) is 6.54 Å². The van der Waals surface area contributed by atoms with Gasteiger partial charge in [0.15, 0.2) is 5.11 Å². The Morgan fingerprint density at radius 2 is 1.55 bits per heavy atom. The normalized spacial score (nSPS) is 10.2. The molecule has 0 fully saturated rings. The third kappa shape index (κ3) is 3.71. The van der Waals surface area contributed by atoms with Gasteiger partial charge in [-0.1, -0.05) is 18.2 Å². The summed E-state index contributed by atoms with van der Waals surface area (Å²) in [6.45, 7) is 0.322. The Morgan fingerprint density at radius 1 is 0.950 bits per heavy atom. The number of hydrogen-bond donors (Lipinski definition) is 2. The monoisotopic (exact) mass is 296 g/mol. The van der Waals surface area contributed by atoms with Crippen LogP contribution in [0.1, 0.15) is 5.56 Å². The average molecular weight is 296 g/mol. The summed E-state index contributed by atoms with van der Waals surface area (Å²) in [5.41, 5.74) is 0.494. The molecule has 0 amide bonds. The predicted octanol–water partition coefficient (Wildman–Crippen LogP) is 3.59. The molecule has 20 heavy (non-hydrogen) atoms. The molecular formula is C14H11F3N2S. The van der Waals surface area contributed by atoms with Crippen LogP contribution >= 0.6 is 12.2 Å². The quantitative estimate of drug-likeness (QED) is 0.846. The topological polar surface area (TPSA) is 24.1 Å². The van der Waals surface area contributed by atoms with Crippen molar-refractivity contribution < 1.29 is 13.2 Å². The van der Waals surface area contributed by atoms with E-state index in [1.807, 2.05) is 0 Å². The van der Waals surface area contributed by atoms with Gasteiger partial charge >= 0.3 is 0 Å². The minimum absolute atomic E-state index is 0.0818. The summed E-state index contributed by atoms with van der Waals surface area (Å²) >= 11 is 4.95. The smallest absolute Gasteiger partial charge is 0.171 e. The second-order valence-corrected chi connectivity index (χ2v) is 4.44. The van der Waals surface area contributed by atoms with E-state index in [1.54, 1.807) is 12.1 Å². The van der Waals surface area contributed by atoms with Crippen molar-refractivity contribution >= 4 is 23.0 Å². The lowest BCUT2D eigenvalue weighted by Gasteiger charge is -2.11. The second kappa shape index (κ2) is 6.38. The minimum Gasteiger partial charge on any atom is -0.358 e. The molecule has 0 aliphatic carbocycles. The first-order valence-electron chi connectivity index (χ1n) is 5.79. The molecule has 0 saturated carbocycles. The molecule has 2 nitrogen and oxygen atoms in total. The standard InChI is InChI=1S/C14H11F3N2S/c15-10-6-4-9(5-7-10)8-18-14(20)19-13-11(16)2-1-3-12(13)17/h1-7H,8H2,(H2,18,19,20). The van der Waals surface area contributed by atoms with Gasteiger partial charge in [0.2, 0.25) is 0 Å². The van der Waals surface area contributed by atoms with Gasteiger partial charge in [0.1, 0.15) is 23.1 Å². The Balaban J connectivity index is 1.94. The van der Waals surface area contributed by atoms with Gasteiger partial charge in [-0.15, -0.1) is 0 Å². The van der Waals surface area contributed by atoms with Gasteiger partial charge in [-0.3, -0.25) is 0 Å². The predicted molar refractivity (Wildman–Crippen MR) is 75.8 cm³/mol. The van der Waals surface area contributed by atoms with E-state index < -0.39 is 11.6 Å². The molecule has 0 bridgehead atoms. The van der Waals surface area contributed by atoms with Crippen molar-refractivity contribution in [1.29, 1.82) is 0 Å². The molecule has 0 unspecified atom stereocenters. The van der Waals surface area contributed by atoms with Gasteiger partial charge in [-0.25, -0.2) is 13.2 Å². The Bertz CT molecular complexity index is 594. The Hall–Kier alpha value is -2.08. The zero-order valence-corrected chi connectivity index (χ0v) is 11.1. The fraction of sp³-hybridized carbons (Fsp3) is 0.0714. The molecule has 0 heterocycles. The minimum atomic E-state index is -0.726. The SMILES string of the molecule is Fc1ccc(CNC(=S)Nc2c(F)cccc2F)cc1. The molecule has 0 aliphatic heterocycles. The number of para-hydroxylation sites is 1. The molecule has 2 aromatic rings. The van der Waals surface area contributed by atoms with Crippen LogP contribution in [-0.2, 0) is 6.54 Å². The zero-order valence-electron chi connectivity index (χ0n) is 10.3. The largest absolute Gasteiger partial charge is 0.358 e. The third-order valence-corrected chi connectivity index (χ3v) is 2.81. The van der Waals surface area contributed by atoms with Crippen LogP contribution in [0.4, 0.5) is 18.9 Å². The van der Waals surface area contributed by atoms with E-state index in [4.69, 9.17) is 12.2 Å². The molecule has 0 aromatic heterocycles. The number of thiocarbonyl (C=S) groups is 1. The number of halogens is 3. The van der Waals surface area contributed by atoms with Crippen LogP contribution < -0.4 is 10.6 Å². The van der Waals surface area contributed by atoms with Crippen LogP contribution in [0.2, 0.25) is 0 Å².